The molecule has 1 aliphatic carbocycles. The van der Waals surface area contributed by atoms with Crippen molar-refractivity contribution in [1.82, 2.24) is 0 Å². The van der Waals surface area contributed by atoms with Crippen molar-refractivity contribution in [3.05, 3.63) is 95.1 Å². The topological polar surface area (TPSA) is 35.5 Å². The molecule has 1 aliphatic rings. The lowest BCUT2D eigenvalue weighted by atomic mass is 9.77. The molecule has 0 saturated carbocycles. The van der Waals surface area contributed by atoms with E-state index in [9.17, 15) is 4.79 Å². The highest BCUT2D eigenvalue weighted by Crippen LogP contribution is 2.50. The van der Waals surface area contributed by atoms with E-state index in [1.807, 2.05) is 6.92 Å². The molecule has 0 fully saturated rings. The molecule has 0 bridgehead atoms. The molecule has 1 unspecified atom stereocenters. The zero-order valence-electron chi connectivity index (χ0n) is 26.6. The summed E-state index contributed by atoms with van der Waals surface area (Å²) in [6.45, 7) is 15.4. The Balaban J connectivity index is 1.77. The Labute approximate surface area is 251 Å². The number of Topliss-reactive ketones (excluding diaryl/α,β-unsaturated/α-hetero) is 1. The van der Waals surface area contributed by atoms with Gasteiger partial charge in [0.25, 0.3) is 0 Å². The van der Waals surface area contributed by atoms with Crippen LogP contribution in [0, 0.1) is 5.92 Å². The zero-order valence-corrected chi connectivity index (χ0v) is 26.6. The van der Waals surface area contributed by atoms with Crippen molar-refractivity contribution >= 4 is 5.78 Å². The summed E-state index contributed by atoms with van der Waals surface area (Å²) in [6, 6.07) is 25.8. The van der Waals surface area contributed by atoms with Gasteiger partial charge in [-0.3, -0.25) is 4.79 Å². The van der Waals surface area contributed by atoms with Crippen LogP contribution in [-0.2, 0) is 17.3 Å². The second kappa shape index (κ2) is 11.1. The van der Waals surface area contributed by atoms with Crippen molar-refractivity contribution < 1.29 is 14.3 Å². The number of carbonyl (C=O) groups is 1. The third kappa shape index (κ3) is 5.38. The summed E-state index contributed by atoms with van der Waals surface area (Å²) in [6.07, 6.45) is 1.69. The maximum Gasteiger partial charge on any atom is 0.166 e. The monoisotopic (exact) mass is 560 g/mol. The number of methoxy groups -OCH3 is 2. The summed E-state index contributed by atoms with van der Waals surface area (Å²) in [5, 5.41) is 0. The summed E-state index contributed by atoms with van der Waals surface area (Å²) in [4.78, 5) is 13.9. The molecule has 218 valence electrons. The van der Waals surface area contributed by atoms with Crippen molar-refractivity contribution in [3.63, 3.8) is 0 Å². The molecule has 4 aromatic rings. The molecule has 0 saturated heterocycles. The Morgan fingerprint density at radius 3 is 1.64 bits per heavy atom. The Morgan fingerprint density at radius 2 is 1.14 bits per heavy atom. The predicted molar refractivity (Wildman–Crippen MR) is 175 cm³/mol. The number of hydrogen-bond acceptors (Lipinski definition) is 3. The van der Waals surface area contributed by atoms with Gasteiger partial charge in [-0.05, 0) is 57.6 Å². The van der Waals surface area contributed by atoms with Gasteiger partial charge in [0.2, 0.25) is 0 Å². The van der Waals surface area contributed by atoms with Crippen LogP contribution in [0.25, 0.3) is 33.4 Å². The molecule has 3 heteroatoms. The predicted octanol–water partition coefficient (Wildman–Crippen LogP) is 10.1. The third-order valence-corrected chi connectivity index (χ3v) is 8.72. The maximum atomic E-state index is 13.9. The lowest BCUT2D eigenvalue weighted by molar-refractivity contribution is 0.0914. The fourth-order valence-corrected chi connectivity index (χ4v) is 6.11. The van der Waals surface area contributed by atoms with Crippen LogP contribution >= 0.6 is 0 Å². The van der Waals surface area contributed by atoms with E-state index in [1.165, 1.54) is 11.1 Å². The van der Waals surface area contributed by atoms with Gasteiger partial charge in [-0.2, -0.15) is 0 Å². The normalized spacial score (nSPS) is 15.4. The van der Waals surface area contributed by atoms with Gasteiger partial charge < -0.3 is 9.47 Å². The molecular formula is C39H44O3. The fraction of sp³-hybridized carbons (Fsp3) is 0.359. The number of carbonyl (C=O) groups excluding carboxylic acids is 1. The van der Waals surface area contributed by atoms with Crippen molar-refractivity contribution in [2.24, 2.45) is 5.92 Å². The first-order valence-corrected chi connectivity index (χ1v) is 15.0. The molecule has 0 spiro atoms. The Morgan fingerprint density at radius 1 is 0.643 bits per heavy atom. The van der Waals surface area contributed by atoms with Crippen LogP contribution < -0.4 is 9.47 Å². The van der Waals surface area contributed by atoms with E-state index in [1.54, 1.807) is 14.2 Å². The standard InChI is InChI=1S/C39H44O3/c1-24-13-14-27-23-32(26-17-21-29(22-18-26)39(5,6)7)37(42-9)34(33(27)35(24)40)31-12-10-11-30(36(31)41-8)25-15-19-28(20-16-25)38(2,3)4/h10-12,15-24H,13-14H2,1-9H3. The van der Waals surface area contributed by atoms with Crippen molar-refractivity contribution in [3.8, 4) is 44.9 Å². The van der Waals surface area contributed by atoms with Crippen LogP contribution in [0.3, 0.4) is 0 Å². The first kappa shape index (κ1) is 29.6. The second-order valence-electron chi connectivity index (χ2n) is 13.7. The van der Waals surface area contributed by atoms with E-state index in [4.69, 9.17) is 9.47 Å². The second-order valence-corrected chi connectivity index (χ2v) is 13.7. The minimum Gasteiger partial charge on any atom is -0.495 e. The fourth-order valence-electron chi connectivity index (χ4n) is 6.11. The van der Waals surface area contributed by atoms with Gasteiger partial charge in [-0.25, -0.2) is 0 Å². The van der Waals surface area contributed by atoms with Crippen LogP contribution in [-0.4, -0.2) is 20.0 Å². The maximum absolute atomic E-state index is 13.9. The van der Waals surface area contributed by atoms with Crippen LogP contribution in [0.4, 0.5) is 0 Å². The molecule has 5 rings (SSSR count). The Bertz CT molecular complexity index is 1610. The Kier molecular flexibility index (Phi) is 7.83. The van der Waals surface area contributed by atoms with Gasteiger partial charge in [-0.1, -0.05) is 115 Å². The molecule has 4 aromatic carbocycles. The van der Waals surface area contributed by atoms with E-state index in [0.717, 1.165) is 63.1 Å². The summed E-state index contributed by atoms with van der Waals surface area (Å²) in [5.41, 5.74) is 10.4. The minimum absolute atomic E-state index is 0.0444. The molecule has 0 heterocycles. The average molecular weight is 561 g/mol. The highest BCUT2D eigenvalue weighted by atomic mass is 16.5. The van der Waals surface area contributed by atoms with Crippen LogP contribution in [0.5, 0.6) is 11.5 Å². The van der Waals surface area contributed by atoms with Crippen LogP contribution in [0.2, 0.25) is 0 Å². The van der Waals surface area contributed by atoms with Crippen LogP contribution in [0.15, 0.2) is 72.8 Å². The molecule has 3 nitrogen and oxygen atoms in total. The number of fused-ring (bicyclic) bond motifs is 1. The highest BCUT2D eigenvalue weighted by Gasteiger charge is 2.33. The minimum atomic E-state index is -0.0444. The van der Waals surface area contributed by atoms with Gasteiger partial charge >= 0.3 is 0 Å². The van der Waals surface area contributed by atoms with E-state index in [-0.39, 0.29) is 22.5 Å². The lowest BCUT2D eigenvalue weighted by Crippen LogP contribution is -2.22. The van der Waals surface area contributed by atoms with Crippen LogP contribution in [0.1, 0.15) is 81.9 Å². The summed E-state index contributed by atoms with van der Waals surface area (Å²) in [7, 11) is 3.42. The van der Waals surface area contributed by atoms with Gasteiger partial charge in [0.05, 0.1) is 14.2 Å². The first-order chi connectivity index (χ1) is 19.8. The molecule has 0 aliphatic heterocycles. The third-order valence-electron chi connectivity index (χ3n) is 8.72. The Hall–Kier alpha value is -3.85. The SMILES string of the molecule is COc1c(-c2ccc(C(C)(C)C)cc2)cccc1-c1c(OC)c(-c2ccc(C(C)(C)C)cc2)cc2c1C(=O)C(C)CC2. The van der Waals surface area contributed by atoms with E-state index < -0.39 is 0 Å². The molecular weight excluding hydrogens is 516 g/mol. The molecule has 0 radical (unpaired) electrons. The number of para-hydroxylation sites is 1. The van der Waals surface area contributed by atoms with E-state index in [0.29, 0.717) is 5.75 Å². The van der Waals surface area contributed by atoms with E-state index >= 15 is 0 Å². The van der Waals surface area contributed by atoms with Gasteiger partial charge in [0, 0.05) is 33.7 Å². The zero-order chi connectivity index (χ0) is 30.4. The van der Waals surface area contributed by atoms with Crippen molar-refractivity contribution in [2.75, 3.05) is 14.2 Å². The lowest BCUT2D eigenvalue weighted by Gasteiger charge is -2.28. The number of ether oxygens (including phenoxy) is 2. The van der Waals surface area contributed by atoms with Crippen molar-refractivity contribution in [2.45, 2.75) is 72.1 Å². The molecule has 1 atom stereocenters. The number of benzene rings is 4. The first-order valence-electron chi connectivity index (χ1n) is 15.0. The smallest absolute Gasteiger partial charge is 0.166 e. The van der Waals surface area contributed by atoms with Gasteiger partial charge in [0.1, 0.15) is 11.5 Å². The van der Waals surface area contributed by atoms with Crippen molar-refractivity contribution in [1.29, 1.82) is 0 Å². The number of rotatable bonds is 5. The molecule has 0 aromatic heterocycles. The highest BCUT2D eigenvalue weighted by molar-refractivity contribution is 6.09. The van der Waals surface area contributed by atoms with E-state index in [2.05, 4.69) is 114 Å². The number of aryl methyl sites for hydroxylation is 1. The number of ketones is 1. The summed E-state index contributed by atoms with van der Waals surface area (Å²) >= 11 is 0. The molecule has 42 heavy (non-hydrogen) atoms. The summed E-state index contributed by atoms with van der Waals surface area (Å²) in [5.74, 6) is 1.57. The summed E-state index contributed by atoms with van der Waals surface area (Å²) < 4.78 is 12.4. The number of hydrogen-bond donors (Lipinski definition) is 0. The molecule has 0 amide bonds. The largest absolute Gasteiger partial charge is 0.495 e. The average Bonchev–Trinajstić information content (AvgIpc) is 2.97. The van der Waals surface area contributed by atoms with Gasteiger partial charge in [-0.15, -0.1) is 0 Å². The quantitative estimate of drug-likeness (QED) is 0.244. The van der Waals surface area contributed by atoms with Gasteiger partial charge in [0.15, 0.2) is 5.78 Å². The molecule has 0 N–H and O–H groups in total.